The summed E-state index contributed by atoms with van der Waals surface area (Å²) in [6, 6.07) is 9.03. The smallest absolute Gasteiger partial charge is 0.294 e. The predicted molar refractivity (Wildman–Crippen MR) is 91.0 cm³/mol. The largest absolute Gasteiger partial charge is 0.506 e. The van der Waals surface area contributed by atoms with Crippen LogP contribution in [-0.4, -0.2) is 40.4 Å². The van der Waals surface area contributed by atoms with Crippen LogP contribution >= 0.6 is 0 Å². The predicted octanol–water partition coefficient (Wildman–Crippen LogP) is 0.656. The third kappa shape index (κ3) is 7.39. The lowest BCUT2D eigenvalue weighted by Gasteiger charge is -1.95. The van der Waals surface area contributed by atoms with Gasteiger partial charge in [0.2, 0.25) is 5.96 Å². The first-order chi connectivity index (χ1) is 11.7. The highest BCUT2D eigenvalue weighted by Gasteiger charge is 2.06. The van der Waals surface area contributed by atoms with Crippen LogP contribution in [0.25, 0.3) is 0 Å². The van der Waals surface area contributed by atoms with E-state index in [0.717, 1.165) is 5.56 Å². The van der Waals surface area contributed by atoms with Gasteiger partial charge in [-0.15, -0.1) is 5.10 Å². The molecule has 10 nitrogen and oxygen atoms in total. The first-order valence-electron chi connectivity index (χ1n) is 6.68. The van der Waals surface area contributed by atoms with Crippen LogP contribution in [0.15, 0.2) is 57.7 Å². The maximum atomic E-state index is 10.5. The van der Waals surface area contributed by atoms with Crippen molar-refractivity contribution in [3.05, 3.63) is 53.9 Å². The molecule has 11 heteroatoms. The summed E-state index contributed by atoms with van der Waals surface area (Å²) < 4.78 is 29.6. The van der Waals surface area contributed by atoms with Crippen LogP contribution in [0.5, 0.6) is 5.75 Å². The number of aryl methyl sites for hydroxylation is 1. The minimum absolute atomic E-state index is 0.0121. The SMILES string of the molecule is Cc1ccc(S(=O)(=O)O)cc1.N/C(=N\N=Cc1ncccc1O)NO. The number of nitrogens with two attached hydrogens (primary N) is 1. The number of benzene rings is 1. The Morgan fingerprint density at radius 2 is 1.92 bits per heavy atom. The fourth-order valence-electron chi connectivity index (χ4n) is 1.39. The zero-order chi connectivity index (χ0) is 18.9. The summed E-state index contributed by atoms with van der Waals surface area (Å²) in [4.78, 5) is 3.74. The summed E-state index contributed by atoms with van der Waals surface area (Å²) in [7, 11) is -4.02. The molecule has 0 unspecified atom stereocenters. The van der Waals surface area contributed by atoms with Crippen LogP contribution in [0.4, 0.5) is 0 Å². The quantitative estimate of drug-likeness (QED) is 0.228. The molecule has 0 aliphatic heterocycles. The van der Waals surface area contributed by atoms with Gasteiger partial charge in [-0.3, -0.25) is 14.7 Å². The first-order valence-corrected chi connectivity index (χ1v) is 8.12. The standard InChI is InChI=1S/C7H9N5O2.C7H8O3S/c8-7(12-14)11-10-4-5-6(13)2-1-3-9-5;1-6-2-4-7(5-3-6)11(8,9)10/h1-4,13-14H,(H3,8,11,12);2-5H,1H3,(H,8,9,10). The molecule has 2 aromatic rings. The zero-order valence-corrected chi connectivity index (χ0v) is 13.9. The highest BCUT2D eigenvalue weighted by atomic mass is 32.2. The lowest BCUT2D eigenvalue weighted by molar-refractivity contribution is 0.232. The number of rotatable bonds is 3. The van der Waals surface area contributed by atoms with Gasteiger partial charge in [0.1, 0.15) is 11.4 Å². The Hall–Kier alpha value is -3.02. The van der Waals surface area contributed by atoms with Gasteiger partial charge in [0.05, 0.1) is 11.1 Å². The molecule has 2 rings (SSSR count). The second kappa shape index (κ2) is 9.32. The molecular formula is C14H17N5O5S. The molecule has 0 atom stereocenters. The second-order valence-electron chi connectivity index (χ2n) is 4.54. The number of aromatic nitrogens is 1. The molecule has 1 heterocycles. The summed E-state index contributed by atoms with van der Waals surface area (Å²) in [5.41, 5.74) is 7.89. The van der Waals surface area contributed by atoms with Gasteiger partial charge in [-0.05, 0) is 31.2 Å². The molecule has 6 N–H and O–H groups in total. The van der Waals surface area contributed by atoms with Gasteiger partial charge in [0.25, 0.3) is 10.1 Å². The Labute approximate surface area is 144 Å². The maximum absolute atomic E-state index is 10.5. The van der Waals surface area contributed by atoms with Gasteiger partial charge in [-0.2, -0.15) is 13.5 Å². The van der Waals surface area contributed by atoms with Crippen LogP contribution in [-0.2, 0) is 10.1 Å². The van der Waals surface area contributed by atoms with E-state index in [2.05, 4.69) is 15.2 Å². The van der Waals surface area contributed by atoms with Crippen molar-refractivity contribution >= 4 is 22.3 Å². The van der Waals surface area contributed by atoms with Crippen molar-refractivity contribution in [2.24, 2.45) is 15.9 Å². The zero-order valence-electron chi connectivity index (χ0n) is 13.1. The Balaban J connectivity index is 0.000000257. The van der Waals surface area contributed by atoms with E-state index in [1.165, 1.54) is 30.6 Å². The Morgan fingerprint density at radius 1 is 1.28 bits per heavy atom. The van der Waals surface area contributed by atoms with Gasteiger partial charge in [0, 0.05) is 6.20 Å². The van der Waals surface area contributed by atoms with Gasteiger partial charge >= 0.3 is 0 Å². The van der Waals surface area contributed by atoms with E-state index in [1.807, 2.05) is 6.92 Å². The normalized spacial score (nSPS) is 11.7. The molecule has 0 saturated heterocycles. The van der Waals surface area contributed by atoms with Crippen molar-refractivity contribution in [1.29, 1.82) is 0 Å². The molecule has 134 valence electrons. The maximum Gasteiger partial charge on any atom is 0.294 e. The fourth-order valence-corrected chi connectivity index (χ4v) is 1.87. The molecule has 0 spiro atoms. The van der Waals surface area contributed by atoms with E-state index in [-0.39, 0.29) is 22.3 Å². The van der Waals surface area contributed by atoms with Crippen LogP contribution in [0.3, 0.4) is 0 Å². The van der Waals surface area contributed by atoms with Gasteiger partial charge < -0.3 is 10.8 Å². The molecule has 0 amide bonds. The van der Waals surface area contributed by atoms with Crippen molar-refractivity contribution < 1.29 is 23.3 Å². The Morgan fingerprint density at radius 3 is 2.44 bits per heavy atom. The van der Waals surface area contributed by atoms with Crippen molar-refractivity contribution in [3.8, 4) is 5.75 Å². The van der Waals surface area contributed by atoms with Gasteiger partial charge in [-0.1, -0.05) is 17.7 Å². The number of hydroxylamine groups is 1. The first kappa shape index (κ1) is 20.0. The van der Waals surface area contributed by atoms with Crippen LogP contribution in [0.1, 0.15) is 11.3 Å². The molecule has 0 bridgehead atoms. The van der Waals surface area contributed by atoms with Crippen molar-refractivity contribution in [1.82, 2.24) is 10.5 Å². The highest BCUT2D eigenvalue weighted by Crippen LogP contribution is 2.09. The summed E-state index contributed by atoms with van der Waals surface area (Å²) >= 11 is 0. The molecule has 0 radical (unpaired) electrons. The van der Waals surface area contributed by atoms with E-state index < -0.39 is 10.1 Å². The fraction of sp³-hybridized carbons (Fsp3) is 0.0714. The van der Waals surface area contributed by atoms with E-state index in [1.54, 1.807) is 23.7 Å². The lowest BCUT2D eigenvalue weighted by atomic mass is 10.2. The lowest BCUT2D eigenvalue weighted by Crippen LogP contribution is -2.27. The summed E-state index contributed by atoms with van der Waals surface area (Å²) in [6.45, 7) is 1.84. The molecule has 0 aliphatic carbocycles. The molecular weight excluding hydrogens is 350 g/mol. The van der Waals surface area contributed by atoms with E-state index in [0.29, 0.717) is 0 Å². The Bertz CT molecular complexity index is 850. The topological polar surface area (TPSA) is 170 Å². The number of hydrogen-bond donors (Lipinski definition) is 5. The van der Waals surface area contributed by atoms with E-state index in [4.69, 9.17) is 15.5 Å². The molecule has 1 aromatic carbocycles. The van der Waals surface area contributed by atoms with Crippen LogP contribution in [0, 0.1) is 6.92 Å². The number of pyridine rings is 1. The monoisotopic (exact) mass is 367 g/mol. The number of nitrogens with one attached hydrogen (secondary N) is 1. The third-order valence-corrected chi connectivity index (χ3v) is 3.46. The number of guanidine groups is 1. The molecule has 0 fully saturated rings. The van der Waals surface area contributed by atoms with Crippen LogP contribution < -0.4 is 11.2 Å². The molecule has 0 aliphatic rings. The summed E-state index contributed by atoms with van der Waals surface area (Å²) in [5.74, 6) is -0.265. The Kier molecular flexibility index (Phi) is 7.46. The second-order valence-corrected chi connectivity index (χ2v) is 5.96. The summed E-state index contributed by atoms with van der Waals surface area (Å²) in [5, 5.41) is 24.3. The number of aromatic hydroxyl groups is 1. The van der Waals surface area contributed by atoms with Crippen LogP contribution in [0.2, 0.25) is 0 Å². The van der Waals surface area contributed by atoms with Crippen molar-refractivity contribution in [2.45, 2.75) is 11.8 Å². The number of nitrogens with zero attached hydrogens (tertiary/aromatic N) is 3. The molecule has 0 saturated carbocycles. The average molecular weight is 367 g/mol. The summed E-state index contributed by atoms with van der Waals surface area (Å²) in [6.07, 6.45) is 2.71. The average Bonchev–Trinajstić information content (AvgIpc) is 2.56. The third-order valence-electron chi connectivity index (χ3n) is 2.60. The minimum Gasteiger partial charge on any atom is -0.506 e. The highest BCUT2D eigenvalue weighted by molar-refractivity contribution is 7.85. The molecule has 25 heavy (non-hydrogen) atoms. The minimum atomic E-state index is -4.02. The van der Waals surface area contributed by atoms with E-state index >= 15 is 0 Å². The van der Waals surface area contributed by atoms with Gasteiger partial charge in [-0.25, -0.2) is 5.48 Å². The van der Waals surface area contributed by atoms with Crippen molar-refractivity contribution in [2.75, 3.05) is 0 Å². The molecule has 1 aromatic heterocycles. The van der Waals surface area contributed by atoms with E-state index in [9.17, 15) is 13.5 Å². The van der Waals surface area contributed by atoms with Crippen molar-refractivity contribution in [3.63, 3.8) is 0 Å². The van der Waals surface area contributed by atoms with Gasteiger partial charge in [0.15, 0.2) is 0 Å². The number of hydrogen-bond acceptors (Lipinski definition) is 7.